The Morgan fingerprint density at radius 2 is 1.93 bits per heavy atom. The monoisotopic (exact) mass is 215 g/mol. The number of amides is 1. The third kappa shape index (κ3) is 6.94. The van der Waals surface area contributed by atoms with E-state index in [0.717, 1.165) is 6.42 Å². The fraction of sp³-hybridized carbons (Fsp3) is 0.818. The third-order valence-electron chi connectivity index (χ3n) is 2.03. The van der Waals surface area contributed by atoms with Gasteiger partial charge in [0.15, 0.2) is 0 Å². The van der Waals surface area contributed by atoms with Gasteiger partial charge in [-0.1, -0.05) is 13.8 Å². The number of hydrogen-bond acceptors (Lipinski definition) is 3. The maximum Gasteiger partial charge on any atom is 0.325 e. The van der Waals surface area contributed by atoms with Crippen LogP contribution in [0, 0.1) is 5.92 Å². The van der Waals surface area contributed by atoms with E-state index in [4.69, 9.17) is 4.74 Å². The van der Waals surface area contributed by atoms with Crippen LogP contribution < -0.4 is 0 Å². The predicted octanol–water partition coefficient (Wildman–Crippen LogP) is 1.44. The summed E-state index contributed by atoms with van der Waals surface area (Å²) in [6, 6.07) is 0. The first kappa shape index (κ1) is 13.9. The Morgan fingerprint density at radius 1 is 1.33 bits per heavy atom. The molecule has 88 valence electrons. The number of carbonyl (C=O) groups is 2. The predicted molar refractivity (Wildman–Crippen MR) is 58.3 cm³/mol. The van der Waals surface area contributed by atoms with E-state index in [0.29, 0.717) is 18.9 Å². The van der Waals surface area contributed by atoms with Gasteiger partial charge >= 0.3 is 5.97 Å². The van der Waals surface area contributed by atoms with Crippen LogP contribution in [0.3, 0.4) is 0 Å². The van der Waals surface area contributed by atoms with Crippen molar-refractivity contribution in [2.45, 2.75) is 33.6 Å². The van der Waals surface area contributed by atoms with E-state index in [-0.39, 0.29) is 18.4 Å². The van der Waals surface area contributed by atoms with E-state index in [2.05, 4.69) is 13.8 Å². The molecule has 0 fully saturated rings. The van der Waals surface area contributed by atoms with Gasteiger partial charge in [-0.2, -0.15) is 0 Å². The highest BCUT2D eigenvalue weighted by molar-refractivity contribution is 5.81. The van der Waals surface area contributed by atoms with Gasteiger partial charge < -0.3 is 9.64 Å². The first-order valence-corrected chi connectivity index (χ1v) is 5.37. The number of hydrogen-bond donors (Lipinski definition) is 0. The van der Waals surface area contributed by atoms with Crippen molar-refractivity contribution in [3.63, 3.8) is 0 Å². The number of carbonyl (C=O) groups excluding carboxylic acids is 2. The molecule has 15 heavy (non-hydrogen) atoms. The van der Waals surface area contributed by atoms with Gasteiger partial charge in [0.05, 0.1) is 6.61 Å². The molecule has 0 bridgehead atoms. The molecule has 0 aromatic heterocycles. The summed E-state index contributed by atoms with van der Waals surface area (Å²) in [7, 11) is 1.62. The molecular formula is C11H21NO3. The Hall–Kier alpha value is -1.06. The van der Waals surface area contributed by atoms with Crippen molar-refractivity contribution in [1.82, 2.24) is 4.90 Å². The van der Waals surface area contributed by atoms with Crippen LogP contribution in [0.4, 0.5) is 0 Å². The Morgan fingerprint density at radius 3 is 2.40 bits per heavy atom. The minimum Gasteiger partial charge on any atom is -0.465 e. The van der Waals surface area contributed by atoms with Crippen LogP contribution in [0.2, 0.25) is 0 Å². The summed E-state index contributed by atoms with van der Waals surface area (Å²) >= 11 is 0. The Bertz CT molecular complexity index is 214. The van der Waals surface area contributed by atoms with Crippen LogP contribution in [0.5, 0.6) is 0 Å². The van der Waals surface area contributed by atoms with Crippen molar-refractivity contribution < 1.29 is 14.3 Å². The summed E-state index contributed by atoms with van der Waals surface area (Å²) in [4.78, 5) is 24.0. The standard InChI is InChI=1S/C11H21NO3/c1-5-15-11(14)8-12(4)10(13)7-6-9(2)3/h9H,5-8H2,1-4H3. The maximum absolute atomic E-state index is 11.5. The molecule has 0 aromatic carbocycles. The normalized spacial score (nSPS) is 10.2. The highest BCUT2D eigenvalue weighted by atomic mass is 16.5. The van der Waals surface area contributed by atoms with E-state index in [1.807, 2.05) is 0 Å². The molecule has 0 aliphatic heterocycles. The van der Waals surface area contributed by atoms with Crippen LogP contribution in [0.15, 0.2) is 0 Å². The Labute approximate surface area is 91.6 Å². The molecule has 0 aromatic rings. The van der Waals surface area contributed by atoms with Crippen molar-refractivity contribution in [2.24, 2.45) is 5.92 Å². The SMILES string of the molecule is CCOC(=O)CN(C)C(=O)CCC(C)C. The molecule has 0 saturated carbocycles. The van der Waals surface area contributed by atoms with Gasteiger partial charge in [0.25, 0.3) is 0 Å². The molecule has 0 rings (SSSR count). The van der Waals surface area contributed by atoms with Gasteiger partial charge in [-0.25, -0.2) is 0 Å². The smallest absolute Gasteiger partial charge is 0.325 e. The molecule has 4 heteroatoms. The lowest BCUT2D eigenvalue weighted by Gasteiger charge is -2.16. The van der Waals surface area contributed by atoms with Gasteiger partial charge in [0.2, 0.25) is 5.91 Å². The number of nitrogens with zero attached hydrogens (tertiary/aromatic N) is 1. The number of likely N-dealkylation sites (N-methyl/N-ethyl adjacent to an activating group) is 1. The lowest BCUT2D eigenvalue weighted by atomic mass is 10.1. The summed E-state index contributed by atoms with van der Waals surface area (Å²) in [5.74, 6) is 0.152. The van der Waals surface area contributed by atoms with E-state index >= 15 is 0 Å². The number of esters is 1. The third-order valence-corrected chi connectivity index (χ3v) is 2.03. The largest absolute Gasteiger partial charge is 0.465 e. The van der Waals surface area contributed by atoms with Gasteiger partial charge in [0, 0.05) is 13.5 Å². The van der Waals surface area contributed by atoms with Crippen molar-refractivity contribution in [1.29, 1.82) is 0 Å². The summed E-state index contributed by atoms with van der Waals surface area (Å²) in [5, 5.41) is 0. The quantitative estimate of drug-likeness (QED) is 0.630. The fourth-order valence-corrected chi connectivity index (χ4v) is 1.09. The van der Waals surface area contributed by atoms with E-state index in [1.165, 1.54) is 4.90 Å². The molecule has 0 aliphatic rings. The van der Waals surface area contributed by atoms with E-state index in [9.17, 15) is 9.59 Å². The zero-order chi connectivity index (χ0) is 11.8. The summed E-state index contributed by atoms with van der Waals surface area (Å²) in [6.45, 7) is 6.29. The van der Waals surface area contributed by atoms with Crippen LogP contribution in [0.1, 0.15) is 33.6 Å². The van der Waals surface area contributed by atoms with Crippen molar-refractivity contribution in [3.05, 3.63) is 0 Å². The average molecular weight is 215 g/mol. The molecule has 0 radical (unpaired) electrons. The number of rotatable bonds is 6. The summed E-state index contributed by atoms with van der Waals surface area (Å²) in [6.07, 6.45) is 1.35. The van der Waals surface area contributed by atoms with Crippen LogP contribution >= 0.6 is 0 Å². The second-order valence-corrected chi connectivity index (χ2v) is 3.99. The zero-order valence-corrected chi connectivity index (χ0v) is 10.1. The Balaban J connectivity index is 3.83. The second-order valence-electron chi connectivity index (χ2n) is 3.99. The van der Waals surface area contributed by atoms with Gasteiger partial charge in [-0.05, 0) is 19.3 Å². The molecule has 1 amide bonds. The average Bonchev–Trinajstić information content (AvgIpc) is 2.14. The molecule has 0 N–H and O–H groups in total. The lowest BCUT2D eigenvalue weighted by Crippen LogP contribution is -2.33. The molecule has 0 unspecified atom stereocenters. The molecule has 0 atom stereocenters. The molecule has 0 saturated heterocycles. The summed E-state index contributed by atoms with van der Waals surface area (Å²) in [5.41, 5.74) is 0. The van der Waals surface area contributed by atoms with Gasteiger partial charge in [-0.3, -0.25) is 9.59 Å². The fourth-order valence-electron chi connectivity index (χ4n) is 1.09. The highest BCUT2D eigenvalue weighted by Crippen LogP contribution is 2.05. The van der Waals surface area contributed by atoms with E-state index < -0.39 is 0 Å². The Kier molecular flexibility index (Phi) is 6.75. The molecule has 0 spiro atoms. The lowest BCUT2D eigenvalue weighted by molar-refractivity contribution is -0.148. The zero-order valence-electron chi connectivity index (χ0n) is 10.1. The molecule has 0 aliphatic carbocycles. The van der Waals surface area contributed by atoms with Gasteiger partial charge in [0.1, 0.15) is 6.54 Å². The van der Waals surface area contributed by atoms with Crippen LogP contribution in [0.25, 0.3) is 0 Å². The second kappa shape index (κ2) is 7.26. The number of ether oxygens (including phenoxy) is 1. The molecule has 4 nitrogen and oxygen atoms in total. The molecule has 0 heterocycles. The minimum absolute atomic E-state index is 0.00301. The van der Waals surface area contributed by atoms with Crippen molar-refractivity contribution in [2.75, 3.05) is 20.2 Å². The summed E-state index contributed by atoms with van der Waals surface area (Å²) < 4.78 is 4.76. The van der Waals surface area contributed by atoms with Crippen LogP contribution in [-0.4, -0.2) is 37.0 Å². The van der Waals surface area contributed by atoms with Crippen molar-refractivity contribution >= 4 is 11.9 Å². The van der Waals surface area contributed by atoms with Crippen LogP contribution in [-0.2, 0) is 14.3 Å². The first-order valence-electron chi connectivity index (χ1n) is 5.37. The molecular weight excluding hydrogens is 194 g/mol. The minimum atomic E-state index is -0.349. The highest BCUT2D eigenvalue weighted by Gasteiger charge is 2.13. The first-order chi connectivity index (χ1) is 6.97. The van der Waals surface area contributed by atoms with E-state index in [1.54, 1.807) is 14.0 Å². The topological polar surface area (TPSA) is 46.6 Å². The van der Waals surface area contributed by atoms with Crippen molar-refractivity contribution in [3.8, 4) is 0 Å². The van der Waals surface area contributed by atoms with Gasteiger partial charge in [-0.15, -0.1) is 0 Å². The maximum atomic E-state index is 11.5.